The average molecular weight is 539 g/mol. The van der Waals surface area contributed by atoms with Crippen LogP contribution in [0.25, 0.3) is 0 Å². The first kappa shape index (κ1) is 27.6. The molecular weight excluding hydrogens is 512 g/mol. The number of ether oxygens (including phenoxy) is 2. The van der Waals surface area contributed by atoms with Gasteiger partial charge in [-0.3, -0.25) is 29.0 Å². The predicted molar refractivity (Wildman–Crippen MR) is 133 cm³/mol. The van der Waals surface area contributed by atoms with Crippen LogP contribution >= 0.6 is 0 Å². The molecule has 2 aliphatic rings. The molecule has 2 N–H and O–H groups in total. The van der Waals surface area contributed by atoms with Crippen LogP contribution in [-0.2, 0) is 9.47 Å². The van der Waals surface area contributed by atoms with Gasteiger partial charge in [-0.15, -0.1) is 0 Å². The summed E-state index contributed by atoms with van der Waals surface area (Å²) in [4.78, 5) is 75.0. The Kier molecular flexibility index (Phi) is 7.88. The fourth-order valence-corrected chi connectivity index (χ4v) is 4.43. The minimum atomic E-state index is -1.19. The Morgan fingerprint density at radius 2 is 1.26 bits per heavy atom. The lowest BCUT2D eigenvalue weighted by atomic mass is 10.1. The first-order chi connectivity index (χ1) is 18.5. The van der Waals surface area contributed by atoms with Crippen molar-refractivity contribution in [2.45, 2.75) is 32.4 Å². The van der Waals surface area contributed by atoms with Crippen LogP contribution in [0.2, 0.25) is 0 Å². The molecule has 2 aromatic rings. The smallest absolute Gasteiger partial charge is 0.335 e. The van der Waals surface area contributed by atoms with E-state index in [1.54, 1.807) is 13.8 Å². The molecule has 0 fully saturated rings. The minimum absolute atomic E-state index is 0.00633. The van der Waals surface area contributed by atoms with E-state index in [4.69, 9.17) is 19.7 Å². The number of carboxylic acid groups (broad SMARTS) is 2. The second-order valence-corrected chi connectivity index (χ2v) is 9.16. The number of carbonyl (C=O) groups excluding carboxylic acids is 4. The third-order valence-electron chi connectivity index (χ3n) is 6.74. The number of hydrogen-bond acceptors (Lipinski definition) is 8. The average Bonchev–Trinajstić information content (AvgIpc) is 3.30. The maximum absolute atomic E-state index is 12.8. The summed E-state index contributed by atoms with van der Waals surface area (Å²) < 4.78 is 11.3. The molecule has 39 heavy (non-hydrogen) atoms. The Morgan fingerprint density at radius 1 is 0.744 bits per heavy atom. The first-order valence-corrected chi connectivity index (χ1v) is 12.2. The van der Waals surface area contributed by atoms with E-state index in [1.807, 2.05) is 0 Å². The highest BCUT2D eigenvalue weighted by atomic mass is 16.5. The number of imide groups is 2. The zero-order chi connectivity index (χ0) is 28.4. The van der Waals surface area contributed by atoms with Gasteiger partial charge in [0.05, 0.1) is 58.7 Å². The molecule has 4 amide bonds. The summed E-state index contributed by atoms with van der Waals surface area (Å²) >= 11 is 0. The standard InChI is InChI=1S/C27H26N2O10/c1-14(29-24(32)19-7-5-17(27(36)37)13-21(19)25(29)33)15(2)39-10-3-9-38-11-8-28-22(30)18-6-4-16(26(34)35)12-20(18)23(28)31/h4-7,12-15H,3,8-11H2,1-2H3,(H,34,35)(H,36,37). The lowest BCUT2D eigenvalue weighted by Gasteiger charge is -2.28. The molecule has 0 saturated heterocycles. The van der Waals surface area contributed by atoms with Gasteiger partial charge in [-0.25, -0.2) is 9.59 Å². The van der Waals surface area contributed by atoms with Crippen molar-refractivity contribution in [2.24, 2.45) is 0 Å². The van der Waals surface area contributed by atoms with Crippen LogP contribution in [0.15, 0.2) is 36.4 Å². The number of carbonyl (C=O) groups is 6. The molecule has 2 heterocycles. The van der Waals surface area contributed by atoms with Gasteiger partial charge in [0, 0.05) is 13.2 Å². The topological polar surface area (TPSA) is 168 Å². The minimum Gasteiger partial charge on any atom is -0.478 e. The molecule has 12 heteroatoms. The normalized spacial score (nSPS) is 15.9. The van der Waals surface area contributed by atoms with E-state index in [0.717, 1.165) is 9.80 Å². The largest absolute Gasteiger partial charge is 0.478 e. The highest BCUT2D eigenvalue weighted by Gasteiger charge is 2.41. The van der Waals surface area contributed by atoms with Gasteiger partial charge < -0.3 is 19.7 Å². The van der Waals surface area contributed by atoms with Crippen LogP contribution in [0.5, 0.6) is 0 Å². The molecule has 204 valence electrons. The third-order valence-corrected chi connectivity index (χ3v) is 6.74. The quantitative estimate of drug-likeness (QED) is 0.302. The molecule has 4 rings (SSSR count). The summed E-state index contributed by atoms with van der Waals surface area (Å²) in [5.41, 5.74) is 0.250. The van der Waals surface area contributed by atoms with E-state index in [-0.39, 0.29) is 59.7 Å². The molecule has 12 nitrogen and oxygen atoms in total. The Balaban J connectivity index is 1.19. The summed E-state index contributed by atoms with van der Waals surface area (Å²) in [5, 5.41) is 18.3. The molecule has 2 aliphatic heterocycles. The molecule has 0 spiro atoms. The van der Waals surface area contributed by atoms with Crippen molar-refractivity contribution in [1.82, 2.24) is 9.80 Å². The van der Waals surface area contributed by atoms with Crippen molar-refractivity contribution in [1.29, 1.82) is 0 Å². The number of nitrogens with zero attached hydrogens (tertiary/aromatic N) is 2. The van der Waals surface area contributed by atoms with E-state index >= 15 is 0 Å². The highest BCUT2D eigenvalue weighted by Crippen LogP contribution is 2.27. The Hall–Kier alpha value is -4.42. The molecular formula is C27H26N2O10. The van der Waals surface area contributed by atoms with Crippen LogP contribution in [0, 0.1) is 0 Å². The zero-order valence-corrected chi connectivity index (χ0v) is 21.2. The number of rotatable bonds is 12. The van der Waals surface area contributed by atoms with E-state index in [9.17, 15) is 28.8 Å². The molecule has 2 atom stereocenters. The molecule has 0 aromatic heterocycles. The first-order valence-electron chi connectivity index (χ1n) is 12.2. The van der Waals surface area contributed by atoms with E-state index in [1.165, 1.54) is 36.4 Å². The summed E-state index contributed by atoms with van der Waals surface area (Å²) in [6.45, 7) is 3.99. The van der Waals surface area contributed by atoms with E-state index < -0.39 is 47.7 Å². The van der Waals surface area contributed by atoms with Gasteiger partial charge in [0.25, 0.3) is 23.6 Å². The number of hydrogen-bond donors (Lipinski definition) is 2. The van der Waals surface area contributed by atoms with Crippen molar-refractivity contribution in [2.75, 3.05) is 26.4 Å². The van der Waals surface area contributed by atoms with Gasteiger partial charge >= 0.3 is 11.9 Å². The fourth-order valence-electron chi connectivity index (χ4n) is 4.43. The number of amides is 4. The SMILES string of the molecule is CC(OCCCOCCN1C(=O)c2ccc(C(=O)O)cc2C1=O)C(C)N1C(=O)c2ccc(C(=O)O)cc2C1=O. The van der Waals surface area contributed by atoms with Gasteiger partial charge in [-0.1, -0.05) is 0 Å². The number of carboxylic acids is 2. The molecule has 0 aliphatic carbocycles. The zero-order valence-electron chi connectivity index (χ0n) is 21.2. The Labute approximate surface area is 222 Å². The molecule has 2 unspecified atom stereocenters. The molecule has 0 bridgehead atoms. The maximum Gasteiger partial charge on any atom is 0.335 e. The number of fused-ring (bicyclic) bond motifs is 2. The maximum atomic E-state index is 12.8. The van der Waals surface area contributed by atoms with Crippen molar-refractivity contribution in [3.8, 4) is 0 Å². The van der Waals surface area contributed by atoms with Crippen molar-refractivity contribution < 1.29 is 48.5 Å². The lowest BCUT2D eigenvalue weighted by Crippen LogP contribution is -2.45. The lowest BCUT2D eigenvalue weighted by molar-refractivity contribution is -0.000939. The highest BCUT2D eigenvalue weighted by molar-refractivity contribution is 6.22. The summed E-state index contributed by atoms with van der Waals surface area (Å²) in [5.74, 6) is -4.54. The molecule has 2 aromatic carbocycles. The molecule has 0 saturated carbocycles. The third kappa shape index (κ3) is 5.29. The second kappa shape index (κ2) is 11.1. The molecule has 0 radical (unpaired) electrons. The van der Waals surface area contributed by atoms with Gasteiger partial charge in [0.1, 0.15) is 0 Å². The van der Waals surface area contributed by atoms with Crippen LogP contribution in [0.4, 0.5) is 0 Å². The van der Waals surface area contributed by atoms with Gasteiger partial charge in [-0.05, 0) is 56.7 Å². The Bertz CT molecular complexity index is 1380. The summed E-state index contributed by atoms with van der Waals surface area (Å²) in [6.07, 6.45) is -0.0502. The number of benzene rings is 2. The number of aromatic carboxylic acids is 2. The van der Waals surface area contributed by atoms with E-state index in [0.29, 0.717) is 6.42 Å². The van der Waals surface area contributed by atoms with Crippen LogP contribution < -0.4 is 0 Å². The predicted octanol–water partition coefficient (Wildman–Crippen LogP) is 2.18. The van der Waals surface area contributed by atoms with E-state index in [2.05, 4.69) is 0 Å². The van der Waals surface area contributed by atoms with Gasteiger partial charge in [0.15, 0.2) is 0 Å². The van der Waals surface area contributed by atoms with Crippen molar-refractivity contribution in [3.63, 3.8) is 0 Å². The summed E-state index contributed by atoms with van der Waals surface area (Å²) in [7, 11) is 0. The van der Waals surface area contributed by atoms with Gasteiger partial charge in [0.2, 0.25) is 0 Å². The van der Waals surface area contributed by atoms with Crippen molar-refractivity contribution >= 4 is 35.6 Å². The van der Waals surface area contributed by atoms with Gasteiger partial charge in [-0.2, -0.15) is 0 Å². The van der Waals surface area contributed by atoms with Crippen LogP contribution in [0.1, 0.15) is 82.4 Å². The second-order valence-electron chi connectivity index (χ2n) is 9.16. The van der Waals surface area contributed by atoms with Crippen LogP contribution in [0.3, 0.4) is 0 Å². The van der Waals surface area contributed by atoms with Crippen molar-refractivity contribution in [3.05, 3.63) is 69.8 Å². The monoisotopic (exact) mass is 538 g/mol. The summed E-state index contributed by atoms with van der Waals surface area (Å²) in [6, 6.07) is 7.00. The van der Waals surface area contributed by atoms with Crippen LogP contribution in [-0.4, -0.2) is 94.1 Å². The fraction of sp³-hybridized carbons (Fsp3) is 0.333. The Morgan fingerprint density at radius 3 is 1.85 bits per heavy atom.